The van der Waals surface area contributed by atoms with E-state index in [9.17, 15) is 0 Å². The quantitative estimate of drug-likeness (QED) is 0.679. The Labute approximate surface area is 148 Å². The van der Waals surface area contributed by atoms with E-state index in [1.54, 1.807) is 7.11 Å². The van der Waals surface area contributed by atoms with Crippen LogP contribution < -0.4 is 19.5 Å². The Bertz CT molecular complexity index is 661. The van der Waals surface area contributed by atoms with Gasteiger partial charge in [0.15, 0.2) is 11.5 Å². The van der Waals surface area contributed by atoms with E-state index < -0.39 is 0 Å². The summed E-state index contributed by atoms with van der Waals surface area (Å²) in [6.45, 7) is 6.00. The summed E-state index contributed by atoms with van der Waals surface area (Å²) in [7, 11) is 1.60. The number of methoxy groups -OCH3 is 1. The number of hydrogen-bond acceptors (Lipinski definition) is 4. The molecule has 0 spiro atoms. The number of nitrogens with one attached hydrogen (secondary N) is 1. The molecule has 5 heteroatoms. The van der Waals surface area contributed by atoms with Crippen molar-refractivity contribution < 1.29 is 14.2 Å². The highest BCUT2D eigenvalue weighted by Gasteiger charge is 2.07. The molecule has 0 bridgehead atoms. The van der Waals surface area contributed by atoms with Gasteiger partial charge in [0.1, 0.15) is 5.75 Å². The molecule has 1 N–H and O–H groups in total. The van der Waals surface area contributed by atoms with Crippen molar-refractivity contribution in [2.45, 2.75) is 26.8 Å². The van der Waals surface area contributed by atoms with E-state index in [2.05, 4.69) is 12.2 Å². The lowest BCUT2D eigenvalue weighted by Crippen LogP contribution is -2.03. The van der Waals surface area contributed by atoms with E-state index in [-0.39, 0.29) is 0 Å². The van der Waals surface area contributed by atoms with Gasteiger partial charge in [0.2, 0.25) is 0 Å². The lowest BCUT2D eigenvalue weighted by Gasteiger charge is -2.14. The van der Waals surface area contributed by atoms with Gasteiger partial charge in [0.25, 0.3) is 0 Å². The molecule has 24 heavy (non-hydrogen) atoms. The molecule has 0 unspecified atom stereocenters. The van der Waals surface area contributed by atoms with Gasteiger partial charge in [-0.05, 0) is 49.2 Å². The van der Waals surface area contributed by atoms with Crippen LogP contribution in [0, 0.1) is 0 Å². The van der Waals surface area contributed by atoms with Gasteiger partial charge in [0, 0.05) is 12.2 Å². The van der Waals surface area contributed by atoms with Crippen LogP contribution in [-0.2, 0) is 6.54 Å². The SMILES string of the molecule is CCCOc1ccc(CNc2ccc(OC)c(Cl)c2)cc1OCC. The number of ether oxygens (including phenoxy) is 3. The molecule has 0 heterocycles. The second-order valence-electron chi connectivity index (χ2n) is 5.27. The molecule has 0 fully saturated rings. The molecule has 130 valence electrons. The third-order valence-electron chi connectivity index (χ3n) is 3.42. The Morgan fingerprint density at radius 2 is 1.75 bits per heavy atom. The Morgan fingerprint density at radius 3 is 2.42 bits per heavy atom. The minimum absolute atomic E-state index is 0.584. The van der Waals surface area contributed by atoms with Gasteiger partial charge in [-0.3, -0.25) is 0 Å². The van der Waals surface area contributed by atoms with Crippen LogP contribution in [0.25, 0.3) is 0 Å². The van der Waals surface area contributed by atoms with Crippen molar-refractivity contribution >= 4 is 17.3 Å². The first-order valence-electron chi connectivity index (χ1n) is 8.13. The van der Waals surface area contributed by atoms with Crippen LogP contribution >= 0.6 is 11.6 Å². The van der Waals surface area contributed by atoms with Crippen molar-refractivity contribution in [1.82, 2.24) is 0 Å². The zero-order valence-electron chi connectivity index (χ0n) is 14.4. The summed E-state index contributed by atoms with van der Waals surface area (Å²) < 4.78 is 16.6. The average Bonchev–Trinajstić information content (AvgIpc) is 2.59. The normalized spacial score (nSPS) is 10.3. The lowest BCUT2D eigenvalue weighted by atomic mass is 10.2. The van der Waals surface area contributed by atoms with E-state index in [0.29, 0.717) is 30.5 Å². The maximum absolute atomic E-state index is 6.15. The van der Waals surface area contributed by atoms with Crippen molar-refractivity contribution in [3.63, 3.8) is 0 Å². The summed E-state index contributed by atoms with van der Waals surface area (Å²) in [6, 6.07) is 11.6. The number of anilines is 1. The topological polar surface area (TPSA) is 39.7 Å². The molecule has 0 aliphatic carbocycles. The first-order chi connectivity index (χ1) is 11.7. The van der Waals surface area contributed by atoms with Gasteiger partial charge >= 0.3 is 0 Å². The highest BCUT2D eigenvalue weighted by atomic mass is 35.5. The lowest BCUT2D eigenvalue weighted by molar-refractivity contribution is 0.276. The van der Waals surface area contributed by atoms with Gasteiger partial charge < -0.3 is 19.5 Å². The Kier molecular flexibility index (Phi) is 7.07. The predicted molar refractivity (Wildman–Crippen MR) is 98.7 cm³/mol. The standard InChI is InChI=1S/C19H24ClNO3/c1-4-10-24-18-8-6-14(11-19(18)23-5-2)13-21-15-7-9-17(22-3)16(20)12-15/h6-9,11-12,21H,4-5,10,13H2,1-3H3. The summed E-state index contributed by atoms with van der Waals surface area (Å²) in [5.41, 5.74) is 2.04. The number of halogens is 1. The molecule has 2 rings (SSSR count). The van der Waals surface area contributed by atoms with Crippen LogP contribution in [0.1, 0.15) is 25.8 Å². The zero-order chi connectivity index (χ0) is 17.4. The third kappa shape index (κ3) is 4.96. The van der Waals surface area contributed by atoms with Crippen molar-refractivity contribution in [3.05, 3.63) is 47.0 Å². The fourth-order valence-corrected chi connectivity index (χ4v) is 2.50. The predicted octanol–water partition coefficient (Wildman–Crippen LogP) is 5.15. The smallest absolute Gasteiger partial charge is 0.161 e. The highest BCUT2D eigenvalue weighted by Crippen LogP contribution is 2.30. The van der Waals surface area contributed by atoms with E-state index in [1.807, 2.05) is 43.3 Å². The fourth-order valence-electron chi connectivity index (χ4n) is 2.24. The third-order valence-corrected chi connectivity index (χ3v) is 3.71. The van der Waals surface area contributed by atoms with Gasteiger partial charge in [-0.25, -0.2) is 0 Å². The molecule has 2 aromatic carbocycles. The molecule has 0 atom stereocenters. The van der Waals surface area contributed by atoms with Crippen molar-refractivity contribution in [2.75, 3.05) is 25.6 Å². The first-order valence-corrected chi connectivity index (χ1v) is 8.51. The summed E-state index contributed by atoms with van der Waals surface area (Å²) in [6.07, 6.45) is 0.965. The molecule has 4 nitrogen and oxygen atoms in total. The van der Waals surface area contributed by atoms with Gasteiger partial charge in [-0.15, -0.1) is 0 Å². The molecule has 0 saturated carbocycles. The van der Waals surface area contributed by atoms with Gasteiger partial charge in [-0.1, -0.05) is 24.6 Å². The van der Waals surface area contributed by atoms with Crippen LogP contribution in [0.5, 0.6) is 17.2 Å². The van der Waals surface area contributed by atoms with Crippen molar-refractivity contribution in [2.24, 2.45) is 0 Å². The molecule has 2 aromatic rings. The van der Waals surface area contributed by atoms with E-state index in [4.69, 9.17) is 25.8 Å². The summed E-state index contributed by atoms with van der Waals surface area (Å²) >= 11 is 6.15. The minimum Gasteiger partial charge on any atom is -0.495 e. The van der Waals surface area contributed by atoms with Crippen LogP contribution in [0.3, 0.4) is 0 Å². The molecular weight excluding hydrogens is 326 g/mol. The minimum atomic E-state index is 0.584. The molecule has 0 aromatic heterocycles. The van der Waals surface area contributed by atoms with E-state index in [1.165, 1.54) is 0 Å². The van der Waals surface area contributed by atoms with E-state index >= 15 is 0 Å². The van der Waals surface area contributed by atoms with E-state index in [0.717, 1.165) is 29.2 Å². The molecular formula is C19H24ClNO3. The molecule has 0 amide bonds. The zero-order valence-corrected chi connectivity index (χ0v) is 15.2. The molecule has 0 aliphatic heterocycles. The average molecular weight is 350 g/mol. The highest BCUT2D eigenvalue weighted by molar-refractivity contribution is 6.32. The maximum atomic E-state index is 6.15. The van der Waals surface area contributed by atoms with Crippen molar-refractivity contribution in [3.8, 4) is 17.2 Å². The Balaban J connectivity index is 2.06. The number of rotatable bonds is 9. The maximum Gasteiger partial charge on any atom is 0.161 e. The van der Waals surface area contributed by atoms with Crippen LogP contribution in [-0.4, -0.2) is 20.3 Å². The van der Waals surface area contributed by atoms with Gasteiger partial charge in [0.05, 0.1) is 25.3 Å². The molecule has 0 radical (unpaired) electrons. The Morgan fingerprint density at radius 1 is 0.958 bits per heavy atom. The first kappa shape index (κ1) is 18.3. The second kappa shape index (κ2) is 9.28. The summed E-state index contributed by atoms with van der Waals surface area (Å²) in [5, 5.41) is 3.93. The summed E-state index contributed by atoms with van der Waals surface area (Å²) in [5.74, 6) is 2.23. The molecule has 0 saturated heterocycles. The number of benzene rings is 2. The summed E-state index contributed by atoms with van der Waals surface area (Å²) in [4.78, 5) is 0. The second-order valence-corrected chi connectivity index (χ2v) is 5.67. The van der Waals surface area contributed by atoms with Crippen LogP contribution in [0.4, 0.5) is 5.69 Å². The monoisotopic (exact) mass is 349 g/mol. The Hall–Kier alpha value is -2.07. The molecule has 0 aliphatic rings. The van der Waals surface area contributed by atoms with Crippen LogP contribution in [0.2, 0.25) is 5.02 Å². The number of hydrogen-bond donors (Lipinski definition) is 1. The van der Waals surface area contributed by atoms with Gasteiger partial charge in [-0.2, -0.15) is 0 Å². The van der Waals surface area contributed by atoms with Crippen molar-refractivity contribution in [1.29, 1.82) is 0 Å². The fraction of sp³-hybridized carbons (Fsp3) is 0.368. The van der Waals surface area contributed by atoms with Crippen LogP contribution in [0.15, 0.2) is 36.4 Å². The largest absolute Gasteiger partial charge is 0.495 e.